The molecule has 1 atom stereocenters. The molecule has 1 unspecified atom stereocenters. The van der Waals surface area contributed by atoms with E-state index in [1.165, 1.54) is 0 Å². The molecule has 0 amide bonds. The maximum Gasteiger partial charge on any atom is 0.0693 e. The molecule has 0 aliphatic carbocycles. The minimum Gasteiger partial charge on any atom is -0.396 e. The number of hydrogen-bond acceptors (Lipinski definition) is 3. The van der Waals surface area contributed by atoms with E-state index in [4.69, 9.17) is 21.8 Å². The van der Waals surface area contributed by atoms with Crippen molar-refractivity contribution >= 4 is 23.4 Å². The average Bonchev–Trinajstić information content (AvgIpc) is 2.21. The Hall–Kier alpha value is -0.220. The molecule has 0 fully saturated rings. The third-order valence-electron chi connectivity index (χ3n) is 2.07. The zero-order valence-electron chi connectivity index (χ0n) is 8.61. The summed E-state index contributed by atoms with van der Waals surface area (Å²) in [6.45, 7) is 2.20. The molecule has 0 bridgehead atoms. The molecule has 84 valence electrons. The van der Waals surface area contributed by atoms with Crippen LogP contribution in [0.15, 0.2) is 23.1 Å². The molecule has 4 heteroatoms. The van der Waals surface area contributed by atoms with Gasteiger partial charge in [-0.2, -0.15) is 0 Å². The third-order valence-corrected chi connectivity index (χ3v) is 3.86. The van der Waals surface area contributed by atoms with Crippen LogP contribution in [0.25, 0.3) is 0 Å². The quantitative estimate of drug-likeness (QED) is 0.785. The zero-order chi connectivity index (χ0) is 11.3. The Balaban J connectivity index is 2.82. The van der Waals surface area contributed by atoms with Crippen molar-refractivity contribution in [2.24, 2.45) is 0 Å². The van der Waals surface area contributed by atoms with Gasteiger partial charge in [0.05, 0.1) is 11.6 Å². The number of thioether (sulfide) groups is 1. The van der Waals surface area contributed by atoms with Crippen LogP contribution in [0, 0.1) is 0 Å². The lowest BCUT2D eigenvalue weighted by molar-refractivity contribution is 0.279. The molecule has 0 saturated heterocycles. The molecule has 2 nitrogen and oxygen atoms in total. The van der Waals surface area contributed by atoms with Crippen molar-refractivity contribution in [1.82, 2.24) is 0 Å². The van der Waals surface area contributed by atoms with Crippen molar-refractivity contribution in [2.75, 3.05) is 6.61 Å². The molecule has 2 N–H and O–H groups in total. The van der Waals surface area contributed by atoms with Gasteiger partial charge in [0.25, 0.3) is 0 Å². The number of rotatable bonds is 5. The first-order valence-electron chi connectivity index (χ1n) is 4.84. The summed E-state index contributed by atoms with van der Waals surface area (Å²) >= 11 is 7.65. The Morgan fingerprint density at radius 3 is 2.73 bits per heavy atom. The van der Waals surface area contributed by atoms with Gasteiger partial charge in [0.15, 0.2) is 0 Å². The van der Waals surface area contributed by atoms with Gasteiger partial charge in [-0.05, 0) is 18.1 Å². The minimum atomic E-state index is -0.00522. The normalized spacial score (nSPS) is 12.8. The summed E-state index contributed by atoms with van der Waals surface area (Å²) in [5.74, 6) is 0. The van der Waals surface area contributed by atoms with Crippen molar-refractivity contribution in [3.8, 4) is 0 Å². The van der Waals surface area contributed by atoms with Crippen molar-refractivity contribution in [3.63, 3.8) is 0 Å². The highest BCUT2D eigenvalue weighted by Crippen LogP contribution is 2.34. The number of aliphatic hydroxyl groups is 2. The van der Waals surface area contributed by atoms with E-state index in [1.54, 1.807) is 11.8 Å². The summed E-state index contributed by atoms with van der Waals surface area (Å²) < 4.78 is 0. The monoisotopic (exact) mass is 246 g/mol. The van der Waals surface area contributed by atoms with Crippen LogP contribution in [-0.2, 0) is 6.61 Å². The summed E-state index contributed by atoms with van der Waals surface area (Å²) in [4.78, 5) is 0.919. The van der Waals surface area contributed by atoms with Crippen LogP contribution in [0.2, 0.25) is 5.02 Å². The van der Waals surface area contributed by atoms with E-state index in [-0.39, 0.29) is 13.2 Å². The van der Waals surface area contributed by atoms with Crippen LogP contribution in [0.4, 0.5) is 0 Å². The molecule has 0 spiro atoms. The first kappa shape index (κ1) is 12.8. The fourth-order valence-corrected chi connectivity index (χ4v) is 2.67. The van der Waals surface area contributed by atoms with Gasteiger partial charge in [-0.1, -0.05) is 30.7 Å². The topological polar surface area (TPSA) is 40.5 Å². The van der Waals surface area contributed by atoms with Crippen LogP contribution in [0.1, 0.15) is 18.9 Å². The van der Waals surface area contributed by atoms with Crippen molar-refractivity contribution < 1.29 is 10.2 Å². The molecule has 0 aromatic heterocycles. The van der Waals surface area contributed by atoms with E-state index in [2.05, 4.69) is 0 Å². The molecule has 1 aromatic rings. The van der Waals surface area contributed by atoms with Crippen molar-refractivity contribution in [1.29, 1.82) is 0 Å². The minimum absolute atomic E-state index is 0.00522. The average molecular weight is 247 g/mol. The molecule has 0 heterocycles. The van der Waals surface area contributed by atoms with E-state index in [0.29, 0.717) is 10.3 Å². The fraction of sp³-hybridized carbons (Fsp3) is 0.455. The molecule has 1 aromatic carbocycles. The molecule has 0 aliphatic rings. The van der Waals surface area contributed by atoms with Crippen LogP contribution in [0.5, 0.6) is 0 Å². The Kier molecular flexibility index (Phi) is 5.47. The lowest BCUT2D eigenvalue weighted by atomic mass is 10.2. The second kappa shape index (κ2) is 6.38. The second-order valence-corrected chi connectivity index (χ2v) is 5.18. The first-order valence-corrected chi connectivity index (χ1v) is 6.10. The standard InChI is InChI=1S/C11H15ClO2S/c1-8(5-6-13)15-11-9(7-14)3-2-4-10(11)12/h2-4,8,13-14H,5-7H2,1H3. The Bertz CT molecular complexity index is 317. The highest BCUT2D eigenvalue weighted by Gasteiger charge is 2.11. The Morgan fingerprint density at radius 1 is 1.40 bits per heavy atom. The van der Waals surface area contributed by atoms with Gasteiger partial charge < -0.3 is 10.2 Å². The van der Waals surface area contributed by atoms with Gasteiger partial charge in [-0.15, -0.1) is 11.8 Å². The molecule has 0 saturated carbocycles. The van der Waals surface area contributed by atoms with E-state index >= 15 is 0 Å². The predicted molar refractivity (Wildman–Crippen MR) is 64.4 cm³/mol. The van der Waals surface area contributed by atoms with Crippen LogP contribution >= 0.6 is 23.4 Å². The zero-order valence-corrected chi connectivity index (χ0v) is 10.2. The number of benzene rings is 1. The summed E-state index contributed by atoms with van der Waals surface area (Å²) in [7, 11) is 0. The maximum atomic E-state index is 9.16. The van der Waals surface area contributed by atoms with E-state index < -0.39 is 0 Å². The van der Waals surface area contributed by atoms with Gasteiger partial charge in [-0.25, -0.2) is 0 Å². The highest BCUT2D eigenvalue weighted by molar-refractivity contribution is 8.00. The van der Waals surface area contributed by atoms with Gasteiger partial charge in [0, 0.05) is 16.8 Å². The van der Waals surface area contributed by atoms with Crippen LogP contribution in [0.3, 0.4) is 0 Å². The number of halogens is 1. The SMILES string of the molecule is CC(CCO)Sc1c(Cl)cccc1CO. The molecule has 15 heavy (non-hydrogen) atoms. The molecular formula is C11H15ClO2S. The van der Waals surface area contributed by atoms with Gasteiger partial charge in [-0.3, -0.25) is 0 Å². The molecule has 0 radical (unpaired) electrons. The van der Waals surface area contributed by atoms with E-state index in [9.17, 15) is 0 Å². The van der Waals surface area contributed by atoms with E-state index in [0.717, 1.165) is 16.9 Å². The lowest BCUT2D eigenvalue weighted by Gasteiger charge is -2.13. The Labute approximate surface area is 99.3 Å². The van der Waals surface area contributed by atoms with Gasteiger partial charge in [0.1, 0.15) is 0 Å². The predicted octanol–water partition coefficient (Wildman–Crippen LogP) is 2.70. The fourth-order valence-electron chi connectivity index (χ4n) is 1.25. The highest BCUT2D eigenvalue weighted by atomic mass is 35.5. The lowest BCUT2D eigenvalue weighted by Crippen LogP contribution is -2.00. The number of hydrogen-bond donors (Lipinski definition) is 2. The first-order chi connectivity index (χ1) is 7.19. The van der Waals surface area contributed by atoms with Gasteiger partial charge >= 0.3 is 0 Å². The smallest absolute Gasteiger partial charge is 0.0693 e. The summed E-state index contributed by atoms with van der Waals surface area (Å²) in [6, 6.07) is 5.50. The van der Waals surface area contributed by atoms with Crippen LogP contribution in [-0.4, -0.2) is 22.1 Å². The molecule has 0 aliphatic heterocycles. The van der Waals surface area contributed by atoms with Crippen LogP contribution < -0.4 is 0 Å². The summed E-state index contributed by atoms with van der Waals surface area (Å²) in [5.41, 5.74) is 0.845. The Morgan fingerprint density at radius 2 is 2.13 bits per heavy atom. The second-order valence-electron chi connectivity index (χ2n) is 3.33. The molecular weight excluding hydrogens is 232 g/mol. The van der Waals surface area contributed by atoms with Gasteiger partial charge in [0.2, 0.25) is 0 Å². The largest absolute Gasteiger partial charge is 0.396 e. The maximum absolute atomic E-state index is 9.16. The van der Waals surface area contributed by atoms with E-state index in [1.807, 2.05) is 25.1 Å². The molecule has 1 rings (SSSR count). The van der Waals surface area contributed by atoms with Crippen molar-refractivity contribution in [2.45, 2.75) is 30.1 Å². The van der Waals surface area contributed by atoms with Crippen molar-refractivity contribution in [3.05, 3.63) is 28.8 Å². The third kappa shape index (κ3) is 3.68. The summed E-state index contributed by atoms with van der Waals surface area (Å²) in [5, 5.41) is 18.9. The summed E-state index contributed by atoms with van der Waals surface area (Å²) in [6.07, 6.45) is 0.723. The number of aliphatic hydroxyl groups excluding tert-OH is 2.